The molecule has 0 spiro atoms. The van der Waals surface area contributed by atoms with E-state index in [0.717, 1.165) is 11.4 Å². The highest BCUT2D eigenvalue weighted by atomic mass is 35.5. The molecule has 0 saturated heterocycles. The summed E-state index contributed by atoms with van der Waals surface area (Å²) < 4.78 is 5.78. The third kappa shape index (κ3) is 4.40. The van der Waals surface area contributed by atoms with Crippen molar-refractivity contribution in [3.63, 3.8) is 0 Å². The van der Waals surface area contributed by atoms with Crippen molar-refractivity contribution < 1.29 is 24.2 Å². The summed E-state index contributed by atoms with van der Waals surface area (Å²) in [6.07, 6.45) is 8.58. The minimum atomic E-state index is -0.933. The van der Waals surface area contributed by atoms with Gasteiger partial charge >= 0.3 is 5.97 Å². The van der Waals surface area contributed by atoms with Gasteiger partial charge in [-0.15, -0.1) is 6.42 Å². The van der Waals surface area contributed by atoms with Crippen LogP contribution in [0.4, 0.5) is 0 Å². The third-order valence-corrected chi connectivity index (χ3v) is 6.78. The number of carbonyl (C=O) groups is 3. The SMILES string of the molecule is C#CCOc1c(Cl)cc(Cl)cc1C1C2=C(CCCC2=O)N(CCC(=O)O)C2=C1C(=O)CCC2. The molecule has 172 valence electrons. The number of hydrogen-bond acceptors (Lipinski definition) is 5. The van der Waals surface area contributed by atoms with Crippen molar-refractivity contribution >= 4 is 40.7 Å². The van der Waals surface area contributed by atoms with Gasteiger partial charge in [0.25, 0.3) is 0 Å². The molecule has 0 unspecified atom stereocenters. The van der Waals surface area contributed by atoms with E-state index in [0.29, 0.717) is 66.0 Å². The fourth-order valence-corrected chi connectivity index (χ4v) is 5.63. The number of nitrogens with zero attached hydrogens (tertiary/aromatic N) is 1. The molecule has 0 saturated carbocycles. The van der Waals surface area contributed by atoms with Crippen molar-refractivity contribution in [3.8, 4) is 18.1 Å². The van der Waals surface area contributed by atoms with Crippen molar-refractivity contribution in [2.24, 2.45) is 0 Å². The molecule has 8 heteroatoms. The van der Waals surface area contributed by atoms with E-state index in [-0.39, 0.29) is 36.2 Å². The molecule has 6 nitrogen and oxygen atoms in total. The molecule has 0 fully saturated rings. The molecule has 0 aromatic heterocycles. The Morgan fingerprint density at radius 3 is 2.24 bits per heavy atom. The second kappa shape index (κ2) is 9.62. The average Bonchev–Trinajstić information content (AvgIpc) is 2.76. The molecular formula is C25H23Cl2NO5. The number of carbonyl (C=O) groups excluding carboxylic acids is 2. The highest BCUT2D eigenvalue weighted by Crippen LogP contribution is 2.52. The lowest BCUT2D eigenvalue weighted by atomic mass is 9.70. The Bertz CT molecular complexity index is 1100. The van der Waals surface area contributed by atoms with E-state index >= 15 is 0 Å². The minimum absolute atomic E-state index is 0.0362. The van der Waals surface area contributed by atoms with E-state index in [1.54, 1.807) is 6.07 Å². The molecule has 1 N–H and O–H groups in total. The van der Waals surface area contributed by atoms with Crippen LogP contribution in [0.25, 0.3) is 0 Å². The number of Topliss-reactive ketones (excluding diaryl/α,β-unsaturated/α-hetero) is 2. The van der Waals surface area contributed by atoms with Crippen LogP contribution in [-0.2, 0) is 14.4 Å². The number of terminal acetylenes is 1. The molecule has 4 rings (SSSR count). The summed E-state index contributed by atoms with van der Waals surface area (Å²) in [7, 11) is 0. The van der Waals surface area contributed by atoms with E-state index in [9.17, 15) is 19.5 Å². The van der Waals surface area contributed by atoms with Crippen molar-refractivity contribution in [2.75, 3.05) is 13.2 Å². The first-order chi connectivity index (χ1) is 15.8. The van der Waals surface area contributed by atoms with E-state index < -0.39 is 11.9 Å². The maximum atomic E-state index is 13.3. The second-order valence-electron chi connectivity index (χ2n) is 8.30. The van der Waals surface area contributed by atoms with E-state index in [1.807, 2.05) is 4.90 Å². The third-order valence-electron chi connectivity index (χ3n) is 6.28. The minimum Gasteiger partial charge on any atom is -0.481 e. The lowest BCUT2D eigenvalue weighted by molar-refractivity contribution is -0.137. The fraction of sp³-hybridized carbons (Fsp3) is 0.400. The van der Waals surface area contributed by atoms with Crippen molar-refractivity contribution in [1.29, 1.82) is 0 Å². The van der Waals surface area contributed by atoms with Crippen LogP contribution in [-0.4, -0.2) is 40.7 Å². The number of carboxylic acids is 1. The van der Waals surface area contributed by atoms with Gasteiger partial charge in [0.05, 0.1) is 11.4 Å². The summed E-state index contributed by atoms with van der Waals surface area (Å²) >= 11 is 12.8. The molecule has 33 heavy (non-hydrogen) atoms. The monoisotopic (exact) mass is 487 g/mol. The average molecular weight is 488 g/mol. The number of benzene rings is 1. The molecule has 1 heterocycles. The van der Waals surface area contributed by atoms with Crippen LogP contribution < -0.4 is 4.74 Å². The highest BCUT2D eigenvalue weighted by Gasteiger charge is 2.44. The van der Waals surface area contributed by atoms with Gasteiger partial charge in [0, 0.05) is 58.4 Å². The summed E-state index contributed by atoms with van der Waals surface area (Å²) in [5.74, 6) is 0.980. The molecule has 3 aliphatic rings. The Morgan fingerprint density at radius 2 is 1.70 bits per heavy atom. The molecule has 0 amide bonds. The molecule has 1 aromatic rings. The van der Waals surface area contributed by atoms with Crippen molar-refractivity contribution in [2.45, 2.75) is 50.9 Å². The topological polar surface area (TPSA) is 83.9 Å². The summed E-state index contributed by atoms with van der Waals surface area (Å²) in [6, 6.07) is 3.21. The van der Waals surface area contributed by atoms with Gasteiger partial charge in [0.2, 0.25) is 0 Å². The smallest absolute Gasteiger partial charge is 0.305 e. The van der Waals surface area contributed by atoms with Gasteiger partial charge in [-0.2, -0.15) is 0 Å². The predicted molar refractivity (Wildman–Crippen MR) is 124 cm³/mol. The van der Waals surface area contributed by atoms with Crippen LogP contribution in [0.5, 0.6) is 5.75 Å². The van der Waals surface area contributed by atoms with Gasteiger partial charge in [0.15, 0.2) is 11.6 Å². The first-order valence-electron chi connectivity index (χ1n) is 10.9. The lowest BCUT2D eigenvalue weighted by Crippen LogP contribution is -2.40. The Morgan fingerprint density at radius 1 is 1.09 bits per heavy atom. The fourth-order valence-electron chi connectivity index (χ4n) is 5.07. The van der Waals surface area contributed by atoms with E-state index in [4.69, 9.17) is 34.4 Å². The van der Waals surface area contributed by atoms with Gasteiger partial charge in [-0.25, -0.2) is 0 Å². The Balaban J connectivity index is 1.97. The number of carboxylic acid groups (broad SMARTS) is 1. The van der Waals surface area contributed by atoms with Crippen LogP contribution in [0, 0.1) is 12.3 Å². The zero-order valence-corrected chi connectivity index (χ0v) is 19.5. The number of hydrogen-bond donors (Lipinski definition) is 1. The molecule has 0 radical (unpaired) electrons. The van der Waals surface area contributed by atoms with Crippen molar-refractivity contribution in [3.05, 3.63) is 50.3 Å². The lowest BCUT2D eigenvalue weighted by Gasteiger charge is -2.44. The van der Waals surface area contributed by atoms with Crippen LogP contribution in [0.3, 0.4) is 0 Å². The van der Waals surface area contributed by atoms with Crippen LogP contribution in [0.1, 0.15) is 56.4 Å². The Kier molecular flexibility index (Phi) is 6.83. The van der Waals surface area contributed by atoms with Gasteiger partial charge in [0.1, 0.15) is 12.4 Å². The number of ether oxygens (including phenoxy) is 1. The zero-order chi connectivity index (χ0) is 23.7. The van der Waals surface area contributed by atoms with E-state index in [2.05, 4.69) is 5.92 Å². The van der Waals surface area contributed by atoms with Crippen LogP contribution >= 0.6 is 23.2 Å². The standard InChI is InChI=1S/C25H23Cl2NO5/c1-2-11-33-25-15(12-14(26)13-16(25)27)22-23-17(5-3-7-19(23)29)28(10-9-21(31)32)18-6-4-8-20(30)24(18)22/h1,12-13,22H,3-11H2,(H,31,32). The van der Waals surface area contributed by atoms with Gasteiger partial charge < -0.3 is 14.7 Å². The number of halogens is 2. The molecular weight excluding hydrogens is 465 g/mol. The maximum absolute atomic E-state index is 13.3. The number of aliphatic carboxylic acids is 1. The van der Waals surface area contributed by atoms with Crippen LogP contribution in [0.2, 0.25) is 10.0 Å². The van der Waals surface area contributed by atoms with Crippen LogP contribution in [0.15, 0.2) is 34.7 Å². The molecule has 1 aliphatic heterocycles. The summed E-state index contributed by atoms with van der Waals surface area (Å²) in [5, 5.41) is 9.90. The molecule has 0 bridgehead atoms. The second-order valence-corrected chi connectivity index (χ2v) is 9.14. The Hall–Kier alpha value is -2.75. The highest BCUT2D eigenvalue weighted by molar-refractivity contribution is 6.35. The van der Waals surface area contributed by atoms with E-state index in [1.165, 1.54) is 6.07 Å². The maximum Gasteiger partial charge on any atom is 0.305 e. The van der Waals surface area contributed by atoms with Gasteiger partial charge in [-0.1, -0.05) is 29.1 Å². The van der Waals surface area contributed by atoms with Gasteiger partial charge in [-0.05, 0) is 37.8 Å². The largest absolute Gasteiger partial charge is 0.481 e. The summed E-state index contributed by atoms with van der Waals surface area (Å²) in [4.78, 5) is 39.8. The summed E-state index contributed by atoms with van der Waals surface area (Å²) in [6.45, 7) is 0.169. The zero-order valence-electron chi connectivity index (χ0n) is 18.0. The van der Waals surface area contributed by atoms with Crippen molar-refractivity contribution in [1.82, 2.24) is 4.90 Å². The number of rotatable bonds is 6. The summed E-state index contributed by atoms with van der Waals surface area (Å²) in [5.41, 5.74) is 3.11. The number of allylic oxidation sites excluding steroid dienone is 4. The predicted octanol–water partition coefficient (Wildman–Crippen LogP) is 4.89. The normalized spacial score (nSPS) is 18.8. The molecule has 2 aliphatic carbocycles. The Labute approximate surface area is 202 Å². The first-order valence-corrected chi connectivity index (χ1v) is 11.7. The first kappa shape index (κ1) is 23.4. The quantitative estimate of drug-likeness (QED) is 0.574. The molecule has 0 atom stereocenters. The van der Waals surface area contributed by atoms with Gasteiger partial charge in [-0.3, -0.25) is 14.4 Å². The number of ketones is 2. The molecule has 1 aromatic carbocycles.